The van der Waals surface area contributed by atoms with Crippen LogP contribution in [-0.4, -0.2) is 23.0 Å². The van der Waals surface area contributed by atoms with Crippen molar-refractivity contribution in [3.8, 4) is 0 Å². The summed E-state index contributed by atoms with van der Waals surface area (Å²) in [7, 11) is 0. The standard InChI is InChI=1S/C7H16ClN.ClH/c1-5-9(6-2)7(3,4)8;/h5-6H2,1-4H3;1H. The fourth-order valence-electron chi connectivity index (χ4n) is 0.976. The van der Waals surface area contributed by atoms with Crippen molar-refractivity contribution >= 4 is 24.0 Å². The molecule has 64 valence electrons. The monoisotopic (exact) mass is 185 g/mol. The maximum Gasteiger partial charge on any atom is 0.0903 e. The maximum absolute atomic E-state index is 6.03. The smallest absolute Gasteiger partial charge is 0.0903 e. The van der Waals surface area contributed by atoms with Crippen LogP contribution in [-0.2, 0) is 0 Å². The topological polar surface area (TPSA) is 3.24 Å². The van der Waals surface area contributed by atoms with Crippen LogP contribution in [0, 0.1) is 0 Å². The summed E-state index contributed by atoms with van der Waals surface area (Å²) in [6.45, 7) is 10.3. The number of nitrogens with zero attached hydrogens (tertiary/aromatic N) is 1. The second kappa shape index (κ2) is 5.22. The molecule has 0 N–H and O–H groups in total. The van der Waals surface area contributed by atoms with E-state index in [2.05, 4.69) is 18.7 Å². The van der Waals surface area contributed by atoms with Crippen molar-refractivity contribution in [1.29, 1.82) is 0 Å². The fourth-order valence-corrected chi connectivity index (χ4v) is 1.21. The van der Waals surface area contributed by atoms with E-state index in [0.29, 0.717) is 0 Å². The molecule has 0 bridgehead atoms. The minimum atomic E-state index is -0.177. The summed E-state index contributed by atoms with van der Waals surface area (Å²) in [6.07, 6.45) is 0. The van der Waals surface area contributed by atoms with Crippen LogP contribution in [0.5, 0.6) is 0 Å². The number of hydrogen-bond acceptors (Lipinski definition) is 1. The van der Waals surface area contributed by atoms with E-state index in [9.17, 15) is 0 Å². The lowest BCUT2D eigenvalue weighted by Gasteiger charge is -2.30. The molecule has 10 heavy (non-hydrogen) atoms. The Kier molecular flexibility index (Phi) is 6.87. The van der Waals surface area contributed by atoms with Crippen molar-refractivity contribution in [3.63, 3.8) is 0 Å². The second-order valence-corrected chi connectivity index (χ2v) is 3.51. The van der Waals surface area contributed by atoms with Crippen LogP contribution in [0.25, 0.3) is 0 Å². The Morgan fingerprint density at radius 3 is 1.50 bits per heavy atom. The van der Waals surface area contributed by atoms with Gasteiger partial charge in [-0.25, -0.2) is 0 Å². The Bertz CT molecular complexity index is 74.2. The normalized spacial score (nSPS) is 11.4. The van der Waals surface area contributed by atoms with Crippen LogP contribution < -0.4 is 0 Å². The van der Waals surface area contributed by atoms with E-state index in [-0.39, 0.29) is 17.4 Å². The molecule has 0 rings (SSSR count). The Labute approximate surface area is 75.1 Å². The molecule has 0 saturated carbocycles. The predicted molar refractivity (Wildman–Crippen MR) is 50.1 cm³/mol. The van der Waals surface area contributed by atoms with Crippen LogP contribution in [0.2, 0.25) is 0 Å². The average Bonchev–Trinajstić information content (AvgIpc) is 1.65. The quantitative estimate of drug-likeness (QED) is 0.483. The van der Waals surface area contributed by atoms with Gasteiger partial charge in [-0.05, 0) is 26.9 Å². The zero-order valence-corrected chi connectivity index (χ0v) is 8.72. The van der Waals surface area contributed by atoms with Gasteiger partial charge in [0, 0.05) is 0 Å². The van der Waals surface area contributed by atoms with Crippen molar-refractivity contribution < 1.29 is 0 Å². The van der Waals surface area contributed by atoms with Gasteiger partial charge >= 0.3 is 0 Å². The van der Waals surface area contributed by atoms with Crippen molar-refractivity contribution in [2.75, 3.05) is 13.1 Å². The fraction of sp³-hybridized carbons (Fsp3) is 1.00. The van der Waals surface area contributed by atoms with E-state index in [4.69, 9.17) is 11.6 Å². The van der Waals surface area contributed by atoms with Crippen molar-refractivity contribution in [3.05, 3.63) is 0 Å². The van der Waals surface area contributed by atoms with Crippen LogP contribution in [0.4, 0.5) is 0 Å². The molecular weight excluding hydrogens is 169 g/mol. The molecule has 0 aliphatic heterocycles. The van der Waals surface area contributed by atoms with E-state index in [1.807, 2.05) is 13.8 Å². The molecule has 0 heterocycles. The zero-order chi connectivity index (χ0) is 7.49. The second-order valence-electron chi connectivity index (χ2n) is 2.58. The minimum absolute atomic E-state index is 0. The van der Waals surface area contributed by atoms with Gasteiger partial charge in [0.25, 0.3) is 0 Å². The molecule has 0 aromatic rings. The highest BCUT2D eigenvalue weighted by molar-refractivity contribution is 6.23. The highest BCUT2D eigenvalue weighted by Gasteiger charge is 2.19. The lowest BCUT2D eigenvalue weighted by atomic mass is 10.3. The summed E-state index contributed by atoms with van der Waals surface area (Å²) >= 11 is 6.03. The first kappa shape index (κ1) is 13.2. The first-order valence-corrected chi connectivity index (χ1v) is 3.84. The van der Waals surface area contributed by atoms with Crippen LogP contribution in [0.1, 0.15) is 27.7 Å². The van der Waals surface area contributed by atoms with Gasteiger partial charge in [0.05, 0.1) is 5.00 Å². The van der Waals surface area contributed by atoms with E-state index >= 15 is 0 Å². The molecule has 3 heteroatoms. The van der Waals surface area contributed by atoms with E-state index in [1.54, 1.807) is 0 Å². The lowest BCUT2D eigenvalue weighted by molar-refractivity contribution is 0.211. The van der Waals surface area contributed by atoms with Crippen molar-refractivity contribution in [1.82, 2.24) is 4.90 Å². The maximum atomic E-state index is 6.03. The lowest BCUT2D eigenvalue weighted by Crippen LogP contribution is -2.38. The number of rotatable bonds is 3. The van der Waals surface area contributed by atoms with Crippen LogP contribution in [0.3, 0.4) is 0 Å². The van der Waals surface area contributed by atoms with Gasteiger partial charge < -0.3 is 0 Å². The summed E-state index contributed by atoms with van der Waals surface area (Å²) < 4.78 is 0. The third-order valence-electron chi connectivity index (χ3n) is 1.52. The van der Waals surface area contributed by atoms with Gasteiger partial charge in [-0.2, -0.15) is 0 Å². The zero-order valence-electron chi connectivity index (χ0n) is 7.15. The van der Waals surface area contributed by atoms with E-state index in [1.165, 1.54) is 0 Å². The molecule has 0 spiro atoms. The van der Waals surface area contributed by atoms with Crippen LogP contribution >= 0.6 is 24.0 Å². The number of hydrogen-bond donors (Lipinski definition) is 0. The molecular formula is C7H17Cl2N. The summed E-state index contributed by atoms with van der Waals surface area (Å²) in [5.74, 6) is 0. The molecule has 0 atom stereocenters. The van der Waals surface area contributed by atoms with Gasteiger partial charge in [-0.15, -0.1) is 24.0 Å². The molecule has 1 nitrogen and oxygen atoms in total. The Morgan fingerprint density at radius 2 is 1.50 bits per heavy atom. The molecule has 0 unspecified atom stereocenters. The molecule has 0 aromatic carbocycles. The number of halogens is 2. The summed E-state index contributed by atoms with van der Waals surface area (Å²) in [4.78, 5) is 2.03. The van der Waals surface area contributed by atoms with Crippen LogP contribution in [0.15, 0.2) is 0 Å². The summed E-state index contributed by atoms with van der Waals surface area (Å²) in [6, 6.07) is 0. The van der Waals surface area contributed by atoms with Crippen molar-refractivity contribution in [2.45, 2.75) is 32.7 Å². The van der Waals surface area contributed by atoms with Gasteiger partial charge in [-0.3, -0.25) is 4.90 Å². The Hall–Kier alpha value is 0.540. The van der Waals surface area contributed by atoms with Crippen molar-refractivity contribution in [2.24, 2.45) is 0 Å². The van der Waals surface area contributed by atoms with Gasteiger partial charge in [-0.1, -0.05) is 13.8 Å². The van der Waals surface area contributed by atoms with Gasteiger partial charge in [0.15, 0.2) is 0 Å². The first-order chi connectivity index (χ1) is 4.02. The minimum Gasteiger partial charge on any atom is -0.286 e. The summed E-state index contributed by atoms with van der Waals surface area (Å²) in [5, 5.41) is 0. The highest BCUT2D eigenvalue weighted by Crippen LogP contribution is 2.17. The molecule has 0 amide bonds. The Morgan fingerprint density at radius 1 is 1.20 bits per heavy atom. The molecule has 0 aromatic heterocycles. The van der Waals surface area contributed by atoms with E-state index in [0.717, 1.165) is 13.1 Å². The SMILES string of the molecule is CCN(CC)C(C)(C)Cl.Cl. The molecule has 0 aliphatic carbocycles. The molecule has 0 radical (unpaired) electrons. The molecule has 0 aliphatic rings. The first-order valence-electron chi connectivity index (χ1n) is 3.46. The Balaban J connectivity index is 0. The molecule has 0 fully saturated rings. The average molecular weight is 186 g/mol. The van der Waals surface area contributed by atoms with E-state index < -0.39 is 0 Å². The predicted octanol–water partition coefficient (Wildman–Crippen LogP) is 2.72. The largest absolute Gasteiger partial charge is 0.286 e. The van der Waals surface area contributed by atoms with Gasteiger partial charge in [0.1, 0.15) is 0 Å². The highest BCUT2D eigenvalue weighted by atomic mass is 35.5. The third kappa shape index (κ3) is 4.37. The summed E-state index contributed by atoms with van der Waals surface area (Å²) in [5.41, 5.74) is 0. The third-order valence-corrected chi connectivity index (χ3v) is 1.75. The number of alkyl halides is 1. The van der Waals surface area contributed by atoms with Gasteiger partial charge in [0.2, 0.25) is 0 Å². The molecule has 0 saturated heterocycles.